The summed E-state index contributed by atoms with van der Waals surface area (Å²) in [5.41, 5.74) is 10.5. The van der Waals surface area contributed by atoms with Crippen LogP contribution in [0, 0.1) is 6.92 Å². The van der Waals surface area contributed by atoms with Gasteiger partial charge in [0.2, 0.25) is 0 Å². The zero-order valence-electron chi connectivity index (χ0n) is 10.7. The average molecular weight is 305 g/mol. The van der Waals surface area contributed by atoms with Crippen LogP contribution in [0.4, 0.5) is 11.4 Å². The second kappa shape index (κ2) is 5.44. The number of nitrogen functional groups attached to an aromatic ring is 1. The number of hydrogen-bond donors (Lipinski definition) is 1. The number of nitrogens with zero attached hydrogens (tertiary/aromatic N) is 1. The molecule has 2 aromatic carbocycles. The number of hydrogen-bond acceptors (Lipinski definition) is 2. The molecule has 94 valence electrons. The lowest BCUT2D eigenvalue weighted by atomic mass is 10.1. The molecule has 2 N–H and O–H groups in total. The molecule has 0 saturated heterocycles. The predicted octanol–water partition coefficient (Wildman–Crippen LogP) is 3.98. The van der Waals surface area contributed by atoms with Crippen LogP contribution in [0.25, 0.3) is 0 Å². The van der Waals surface area contributed by atoms with E-state index in [1.165, 1.54) is 11.3 Å². The van der Waals surface area contributed by atoms with Crippen molar-refractivity contribution < 1.29 is 0 Å². The van der Waals surface area contributed by atoms with Crippen molar-refractivity contribution in [2.75, 3.05) is 17.7 Å². The molecule has 2 nitrogen and oxygen atoms in total. The van der Waals surface area contributed by atoms with Gasteiger partial charge in [-0.25, -0.2) is 0 Å². The van der Waals surface area contributed by atoms with Gasteiger partial charge in [0.15, 0.2) is 0 Å². The van der Waals surface area contributed by atoms with Crippen molar-refractivity contribution >= 4 is 27.3 Å². The molecule has 0 fully saturated rings. The summed E-state index contributed by atoms with van der Waals surface area (Å²) >= 11 is 3.56. The summed E-state index contributed by atoms with van der Waals surface area (Å²) in [7, 11) is 2.08. The molecule has 18 heavy (non-hydrogen) atoms. The molecular formula is C15H17BrN2. The van der Waals surface area contributed by atoms with Crippen molar-refractivity contribution in [2.24, 2.45) is 0 Å². The van der Waals surface area contributed by atoms with Crippen LogP contribution < -0.4 is 10.6 Å². The van der Waals surface area contributed by atoms with E-state index in [-0.39, 0.29) is 0 Å². The summed E-state index contributed by atoms with van der Waals surface area (Å²) in [6.45, 7) is 2.91. The van der Waals surface area contributed by atoms with Crippen molar-refractivity contribution in [2.45, 2.75) is 13.5 Å². The number of halogens is 1. The molecule has 0 spiro atoms. The van der Waals surface area contributed by atoms with Crippen molar-refractivity contribution in [3.8, 4) is 0 Å². The van der Waals surface area contributed by atoms with E-state index in [0.717, 1.165) is 22.3 Å². The molecule has 0 bridgehead atoms. The van der Waals surface area contributed by atoms with Crippen LogP contribution >= 0.6 is 15.9 Å². The van der Waals surface area contributed by atoms with Crippen molar-refractivity contribution in [1.82, 2.24) is 0 Å². The predicted molar refractivity (Wildman–Crippen MR) is 81.8 cm³/mol. The summed E-state index contributed by atoms with van der Waals surface area (Å²) in [6, 6.07) is 14.3. The molecule has 2 rings (SSSR count). The highest BCUT2D eigenvalue weighted by Gasteiger charge is 2.09. The first-order valence-corrected chi connectivity index (χ1v) is 6.68. The molecule has 0 radical (unpaired) electrons. The van der Waals surface area contributed by atoms with E-state index < -0.39 is 0 Å². The molecular weight excluding hydrogens is 288 g/mol. The van der Waals surface area contributed by atoms with Gasteiger partial charge in [0.05, 0.1) is 0 Å². The van der Waals surface area contributed by atoms with Crippen LogP contribution in [0.2, 0.25) is 0 Å². The highest BCUT2D eigenvalue weighted by atomic mass is 79.9. The van der Waals surface area contributed by atoms with Crippen LogP contribution in [0.15, 0.2) is 46.9 Å². The average Bonchev–Trinajstić information content (AvgIpc) is 2.34. The second-order valence-electron chi connectivity index (χ2n) is 4.45. The van der Waals surface area contributed by atoms with Gasteiger partial charge in [-0.05, 0) is 30.7 Å². The van der Waals surface area contributed by atoms with Gasteiger partial charge in [-0.2, -0.15) is 0 Å². The lowest BCUT2D eigenvalue weighted by Gasteiger charge is -2.23. The maximum Gasteiger partial charge on any atom is 0.0457 e. The Morgan fingerprint density at radius 3 is 2.50 bits per heavy atom. The van der Waals surface area contributed by atoms with Gasteiger partial charge in [-0.1, -0.05) is 40.2 Å². The van der Waals surface area contributed by atoms with Gasteiger partial charge in [-0.3, -0.25) is 0 Å². The Kier molecular flexibility index (Phi) is 3.92. The summed E-state index contributed by atoms with van der Waals surface area (Å²) in [4.78, 5) is 2.21. The van der Waals surface area contributed by atoms with Gasteiger partial charge in [0.1, 0.15) is 0 Å². The van der Waals surface area contributed by atoms with E-state index in [1.54, 1.807) is 0 Å². The minimum absolute atomic E-state index is 0.790. The zero-order chi connectivity index (χ0) is 13.1. The third kappa shape index (κ3) is 2.67. The highest BCUT2D eigenvalue weighted by Crippen LogP contribution is 2.26. The van der Waals surface area contributed by atoms with E-state index in [9.17, 15) is 0 Å². The first-order valence-electron chi connectivity index (χ1n) is 5.89. The molecule has 0 aliphatic carbocycles. The van der Waals surface area contributed by atoms with Crippen LogP contribution in [0.1, 0.15) is 11.1 Å². The van der Waals surface area contributed by atoms with Gasteiger partial charge in [0, 0.05) is 35.0 Å². The third-order valence-electron chi connectivity index (χ3n) is 3.08. The largest absolute Gasteiger partial charge is 0.398 e. The Balaban J connectivity index is 2.27. The fraction of sp³-hybridized carbons (Fsp3) is 0.200. The van der Waals surface area contributed by atoms with Crippen LogP contribution in [-0.2, 0) is 6.54 Å². The first kappa shape index (κ1) is 13.0. The Labute approximate surface area is 117 Å². The summed E-state index contributed by atoms with van der Waals surface area (Å²) < 4.78 is 1.06. The molecule has 0 saturated carbocycles. The number of aryl methyl sites for hydroxylation is 1. The van der Waals surface area contributed by atoms with E-state index >= 15 is 0 Å². The molecule has 3 heteroatoms. The molecule has 0 aliphatic heterocycles. The smallest absolute Gasteiger partial charge is 0.0457 e. The number of anilines is 2. The quantitative estimate of drug-likeness (QED) is 0.869. The molecule has 0 heterocycles. The van der Waals surface area contributed by atoms with Crippen molar-refractivity contribution in [3.63, 3.8) is 0 Å². The van der Waals surface area contributed by atoms with Crippen LogP contribution in [0.5, 0.6) is 0 Å². The lowest BCUT2D eigenvalue weighted by Crippen LogP contribution is -2.18. The third-order valence-corrected chi connectivity index (χ3v) is 3.82. The number of nitrogens with two attached hydrogens (primary N) is 1. The molecule has 0 amide bonds. The first-order chi connectivity index (χ1) is 8.59. The lowest BCUT2D eigenvalue weighted by molar-refractivity contribution is 0.915. The number of rotatable bonds is 3. The standard InChI is InChI=1S/C15H17BrN2/c1-11-6-3-4-9-15(11)18(2)10-12-13(16)7-5-8-14(12)17/h3-9H,10,17H2,1-2H3. The molecule has 2 aromatic rings. The molecule has 0 atom stereocenters. The Morgan fingerprint density at radius 1 is 1.11 bits per heavy atom. The number of benzene rings is 2. The fourth-order valence-electron chi connectivity index (χ4n) is 2.06. The van der Waals surface area contributed by atoms with Gasteiger partial charge < -0.3 is 10.6 Å². The Morgan fingerprint density at radius 2 is 1.83 bits per heavy atom. The van der Waals surface area contributed by atoms with Gasteiger partial charge in [0.25, 0.3) is 0 Å². The van der Waals surface area contributed by atoms with E-state index in [4.69, 9.17) is 5.73 Å². The monoisotopic (exact) mass is 304 g/mol. The summed E-state index contributed by atoms with van der Waals surface area (Å²) in [5, 5.41) is 0. The fourth-order valence-corrected chi connectivity index (χ4v) is 2.56. The second-order valence-corrected chi connectivity index (χ2v) is 5.30. The van der Waals surface area contributed by atoms with Crippen molar-refractivity contribution in [3.05, 3.63) is 58.1 Å². The Bertz CT molecular complexity index is 532. The van der Waals surface area contributed by atoms with Gasteiger partial charge >= 0.3 is 0 Å². The topological polar surface area (TPSA) is 29.3 Å². The minimum Gasteiger partial charge on any atom is -0.398 e. The van der Waals surface area contributed by atoms with E-state index in [1.807, 2.05) is 18.2 Å². The van der Waals surface area contributed by atoms with Gasteiger partial charge in [-0.15, -0.1) is 0 Å². The van der Waals surface area contributed by atoms with Crippen molar-refractivity contribution in [1.29, 1.82) is 0 Å². The summed E-state index contributed by atoms with van der Waals surface area (Å²) in [5.74, 6) is 0. The Hall–Kier alpha value is -1.48. The van der Waals surface area contributed by atoms with E-state index in [2.05, 4.69) is 59.1 Å². The highest BCUT2D eigenvalue weighted by molar-refractivity contribution is 9.10. The number of para-hydroxylation sites is 1. The molecule has 0 unspecified atom stereocenters. The summed E-state index contributed by atoms with van der Waals surface area (Å²) in [6.07, 6.45) is 0. The van der Waals surface area contributed by atoms with Crippen LogP contribution in [0.3, 0.4) is 0 Å². The maximum atomic E-state index is 6.03. The van der Waals surface area contributed by atoms with E-state index in [0.29, 0.717) is 0 Å². The minimum atomic E-state index is 0.790. The zero-order valence-corrected chi connectivity index (χ0v) is 12.2. The molecule has 0 aliphatic rings. The normalized spacial score (nSPS) is 10.4. The van der Waals surface area contributed by atoms with Crippen LogP contribution in [-0.4, -0.2) is 7.05 Å². The molecule has 0 aromatic heterocycles. The SMILES string of the molecule is Cc1ccccc1N(C)Cc1c(N)cccc1Br. The maximum absolute atomic E-state index is 6.03.